The number of esters is 3. The molecule has 8 N–H and O–H groups in total. The average molecular weight is 1640 g/mol. The number of aliphatic hydroxyl groups excluding tert-OH is 1. The van der Waals surface area contributed by atoms with Crippen LogP contribution in [-0.4, -0.2) is 256 Å². The van der Waals surface area contributed by atoms with E-state index in [4.69, 9.17) is 47.1 Å². The van der Waals surface area contributed by atoms with Crippen LogP contribution in [0.15, 0.2) is 48.8 Å². The number of nitrogen functional groups attached to an aromatic ring is 2. The van der Waals surface area contributed by atoms with Crippen molar-refractivity contribution in [2.45, 2.75) is 85.0 Å². The first-order valence-corrected chi connectivity index (χ1v) is 36.3. The Balaban J connectivity index is 0.000000268. The molecule has 2 unspecified atom stereocenters. The fourth-order valence-electron chi connectivity index (χ4n) is 10.5. The summed E-state index contributed by atoms with van der Waals surface area (Å²) in [6.07, 6.45) is 14.5. The molecule has 11 rings (SSSR count). The summed E-state index contributed by atoms with van der Waals surface area (Å²) in [4.78, 5) is 77.6. The Bertz CT molecular complexity index is 4760. The summed E-state index contributed by atoms with van der Waals surface area (Å²) in [5, 5.41) is 29.9. The summed E-state index contributed by atoms with van der Waals surface area (Å²) in [6, 6.07) is 7.27. The second-order valence-corrected chi connectivity index (χ2v) is 23.6. The number of nitrogens with one attached hydrogen (secondary N) is 2. The summed E-state index contributed by atoms with van der Waals surface area (Å²) in [7, 11) is 0. The minimum atomic E-state index is -1.29. The number of carboxylic acids is 1. The Kier molecular flexibility index (Phi) is 44.1. The molecule has 40 heteroatoms. The van der Waals surface area contributed by atoms with E-state index in [0.29, 0.717) is 124 Å². The molecular formula is C77H88F8N18O14. The van der Waals surface area contributed by atoms with Gasteiger partial charge in [0.25, 0.3) is 0 Å². The van der Waals surface area contributed by atoms with Crippen LogP contribution in [0.1, 0.15) is 65.1 Å². The van der Waals surface area contributed by atoms with Crippen LogP contribution in [0.3, 0.4) is 0 Å². The predicted octanol–water partition coefficient (Wildman–Crippen LogP) is 4.77. The van der Waals surface area contributed by atoms with Crippen molar-refractivity contribution in [1.82, 2.24) is 64.3 Å². The average Bonchev–Trinajstić information content (AvgIpc) is 1.61. The van der Waals surface area contributed by atoms with Crippen LogP contribution in [-0.2, 0) is 70.2 Å². The van der Waals surface area contributed by atoms with Gasteiger partial charge in [0.05, 0.1) is 67.5 Å². The minimum Gasteiger partial charge on any atom is -0.472 e. The number of aliphatic hydroxyl groups is 1. The summed E-state index contributed by atoms with van der Waals surface area (Å²) in [5.74, 6) is 22.1. The lowest BCUT2D eigenvalue weighted by molar-refractivity contribution is -0.154. The maximum absolute atomic E-state index is 14.1. The SMILES string of the molecule is C#CCOC1CCCCO1.CCOC(=O)C#CCF.CCOC(=O)C#CCO.CCOC(=O)C#CCOC1CCCCO1.Nc1nc(NNC(=O)C#CCF)c2cnn(CCN3CCN(c4ccc(F)cc4F)CC3)c2n1.Nc1nc2c(cnn2CCN2CCN(c3ccc(F)cc3F)CC2)c2nc(C#CCF)nn12.O=C(O)C#CCF. The molecule has 0 radical (unpaired) electrons. The number of hydrazine groups is 1. The fourth-order valence-corrected chi connectivity index (χ4v) is 10.5. The van der Waals surface area contributed by atoms with Crippen molar-refractivity contribution in [1.29, 1.82) is 0 Å². The molecule has 117 heavy (non-hydrogen) atoms. The second kappa shape index (κ2) is 54.3. The van der Waals surface area contributed by atoms with E-state index in [-0.39, 0.29) is 55.9 Å². The lowest BCUT2D eigenvalue weighted by Crippen LogP contribution is -2.47. The maximum Gasteiger partial charge on any atom is 0.384 e. The Labute approximate surface area is 668 Å². The molecule has 4 fully saturated rings. The number of benzene rings is 2. The molecule has 5 aromatic heterocycles. The number of anilines is 5. The van der Waals surface area contributed by atoms with Gasteiger partial charge < -0.3 is 64.6 Å². The highest BCUT2D eigenvalue weighted by Crippen LogP contribution is 2.26. The first-order chi connectivity index (χ1) is 56.6. The van der Waals surface area contributed by atoms with Gasteiger partial charge in [-0.05, 0) is 95.4 Å². The van der Waals surface area contributed by atoms with E-state index in [2.05, 4.69) is 117 Å². The van der Waals surface area contributed by atoms with Crippen molar-refractivity contribution in [3.8, 4) is 83.4 Å². The molecule has 32 nitrogen and oxygen atoms in total. The third-order valence-electron chi connectivity index (χ3n) is 15.7. The van der Waals surface area contributed by atoms with Gasteiger partial charge in [0, 0.05) is 114 Å². The zero-order valence-corrected chi connectivity index (χ0v) is 64.3. The van der Waals surface area contributed by atoms with Gasteiger partial charge in [-0.25, -0.2) is 63.7 Å². The van der Waals surface area contributed by atoms with E-state index in [0.717, 1.165) is 70.5 Å². The number of aromatic nitrogens is 10. The van der Waals surface area contributed by atoms with E-state index in [1.54, 1.807) is 54.4 Å². The highest BCUT2D eigenvalue weighted by molar-refractivity contribution is 5.96. The van der Waals surface area contributed by atoms with Crippen LogP contribution in [0.25, 0.3) is 27.7 Å². The number of aliphatic carboxylic acids is 1. The molecule has 0 aliphatic carbocycles. The zero-order valence-electron chi connectivity index (χ0n) is 64.3. The number of alkyl halides is 4. The van der Waals surface area contributed by atoms with Crippen LogP contribution in [0.5, 0.6) is 0 Å². The monoisotopic (exact) mass is 1640 g/mol. The number of ether oxygens (including phenoxy) is 7. The van der Waals surface area contributed by atoms with Crippen molar-refractivity contribution < 1.29 is 102 Å². The van der Waals surface area contributed by atoms with E-state index < -0.39 is 79.8 Å². The standard InChI is InChI=1S/C21H22F3N9O.C21H20F3N9.C11H16O4.C8H12O2.C6H7FO2.C6H8O3.C4H3FO2/c22-5-1-2-18(34)29-30-19-15-13-26-33(20(15)28-21(25)27-19)11-8-31-6-9-32(10-7-31)17-4-3-14(23)12-16(17)24;22-5-1-2-18-27-20-15-13-26-32(19(15)28-21(25)33(20)29-18)11-8-30-6-9-31(10-7-30)17-4-3-14(23)12-16(17)24;1-2-13-10(12)6-5-9-15-11-7-3-4-8-14-11;1-2-6-9-8-5-3-4-7-10-8;2*1-2-9-6(8)4-3-5-7;5-3-1-2-4(6)7/h3-4,12-13H,5-11H2,(H,29,34)(H3,25,27,28,30);3-4,12-13H,5-11H2,(H2,25,28);11H,2-4,7-9H2,1H3;1,8H,3-7H2;2,5H2,1H3;7H,2,5H2,1H3;3H2,(H,6,7). The third-order valence-corrected chi connectivity index (χ3v) is 15.7. The van der Waals surface area contributed by atoms with Gasteiger partial charge in [0.15, 0.2) is 62.0 Å². The predicted molar refractivity (Wildman–Crippen MR) is 412 cm³/mol. The number of nitrogens with two attached hydrogens (primary N) is 2. The lowest BCUT2D eigenvalue weighted by Gasteiger charge is -2.36. The van der Waals surface area contributed by atoms with E-state index in [1.165, 1.54) is 35.2 Å². The molecule has 0 saturated carbocycles. The van der Waals surface area contributed by atoms with Crippen LogP contribution < -0.4 is 32.1 Å². The van der Waals surface area contributed by atoms with Crippen molar-refractivity contribution in [2.75, 3.05) is 172 Å². The maximum atomic E-state index is 14.1. The van der Waals surface area contributed by atoms with E-state index in [1.807, 2.05) is 27.6 Å². The van der Waals surface area contributed by atoms with Gasteiger partial charge in [-0.15, -0.1) is 11.5 Å². The Morgan fingerprint density at radius 3 is 1.51 bits per heavy atom. The van der Waals surface area contributed by atoms with Crippen molar-refractivity contribution >= 4 is 86.6 Å². The normalized spacial score (nSPS) is 14.5. The minimum absolute atomic E-state index is 0.0178. The number of rotatable bonds is 17. The number of hydrogen-bond donors (Lipinski definition) is 6. The van der Waals surface area contributed by atoms with E-state index in [9.17, 15) is 59.1 Å². The van der Waals surface area contributed by atoms with Crippen molar-refractivity contribution in [3.63, 3.8) is 0 Å². The van der Waals surface area contributed by atoms with Crippen LogP contribution in [0.2, 0.25) is 0 Å². The largest absolute Gasteiger partial charge is 0.472 e. The molecule has 9 heterocycles. The Morgan fingerprint density at radius 1 is 0.573 bits per heavy atom. The number of piperazine rings is 2. The summed E-state index contributed by atoms with van der Waals surface area (Å²) >= 11 is 0. The zero-order chi connectivity index (χ0) is 85.1. The molecule has 1 amide bonds. The van der Waals surface area contributed by atoms with Gasteiger partial charge in [-0.1, -0.05) is 41.4 Å². The summed E-state index contributed by atoms with van der Waals surface area (Å²) in [6.45, 7) is 12.3. The number of carbonyl (C=O) groups excluding carboxylic acids is 4. The summed E-state index contributed by atoms with van der Waals surface area (Å²) < 4.78 is 140. The molecular weight excluding hydrogens is 1550 g/mol. The molecule has 0 bridgehead atoms. The van der Waals surface area contributed by atoms with Gasteiger partial charge in [0.1, 0.15) is 43.1 Å². The number of fused-ring (bicyclic) bond motifs is 4. The van der Waals surface area contributed by atoms with Crippen LogP contribution >= 0.6 is 0 Å². The number of amides is 1. The first-order valence-electron chi connectivity index (χ1n) is 36.3. The molecule has 4 saturated heterocycles. The molecule has 7 aromatic rings. The number of terminal acetylenes is 1. The topological polar surface area (TPSA) is 384 Å². The number of carbonyl (C=O) groups is 5. The molecule has 2 atom stereocenters. The lowest BCUT2D eigenvalue weighted by atomic mass is 10.2. The quantitative estimate of drug-likeness (QED) is 0.0178. The molecule has 626 valence electrons. The summed E-state index contributed by atoms with van der Waals surface area (Å²) in [5.41, 5.74) is 19.1. The number of hydrogen-bond acceptors (Lipinski definition) is 27. The van der Waals surface area contributed by atoms with Crippen molar-refractivity contribution in [3.05, 3.63) is 77.9 Å². The number of nitrogens with zero attached hydrogens (tertiary/aromatic N) is 14. The number of halogens is 8. The van der Waals surface area contributed by atoms with Gasteiger partial charge >= 0.3 is 29.8 Å². The molecule has 0 spiro atoms. The highest BCUT2D eigenvalue weighted by atomic mass is 19.2. The molecule has 2 aromatic carbocycles. The smallest absolute Gasteiger partial charge is 0.384 e. The van der Waals surface area contributed by atoms with Crippen molar-refractivity contribution in [2.24, 2.45) is 0 Å². The Hall–Kier alpha value is -12.6. The van der Waals surface area contributed by atoms with Gasteiger partial charge in [0.2, 0.25) is 17.7 Å². The first kappa shape index (κ1) is 95.0. The van der Waals surface area contributed by atoms with Gasteiger partial charge in [-0.3, -0.25) is 25.4 Å². The molecule has 4 aliphatic heterocycles. The third kappa shape index (κ3) is 35.0. The number of carboxylic acid groups (broad SMARTS) is 1. The van der Waals surface area contributed by atoms with E-state index >= 15 is 0 Å². The highest BCUT2D eigenvalue weighted by Gasteiger charge is 2.24. The molecule has 4 aliphatic rings. The van der Waals surface area contributed by atoms with Crippen LogP contribution in [0.4, 0.5) is 64.2 Å². The Morgan fingerprint density at radius 2 is 1.05 bits per heavy atom. The fraction of sp³-hybridized carbons (Fsp3) is 0.455. The van der Waals surface area contributed by atoms with Crippen LogP contribution in [0, 0.1) is 107 Å². The second-order valence-electron chi connectivity index (χ2n) is 23.6. The van der Waals surface area contributed by atoms with Gasteiger partial charge in [-0.2, -0.15) is 34.6 Å².